The first-order valence-corrected chi connectivity index (χ1v) is 9.41. The Balaban J connectivity index is 1.39. The number of pyridine rings is 1. The summed E-state index contributed by atoms with van der Waals surface area (Å²) in [5.74, 6) is 1.83. The normalized spacial score (nSPS) is 25.9. The number of fused-ring (bicyclic) bond motifs is 1. The van der Waals surface area contributed by atoms with Crippen LogP contribution in [0.1, 0.15) is 44.3 Å². The van der Waals surface area contributed by atoms with Gasteiger partial charge in [0.05, 0.1) is 10.7 Å². The van der Waals surface area contributed by atoms with Gasteiger partial charge in [0.15, 0.2) is 5.58 Å². The van der Waals surface area contributed by atoms with Crippen LogP contribution in [0.15, 0.2) is 21.2 Å². The molecule has 2 aromatic heterocycles. The number of amides is 1. The molecule has 1 aliphatic carbocycles. The molecule has 2 aliphatic rings. The molecule has 1 spiro atoms. The number of carbonyl (C=O) groups excluding carboxylic acids is 1. The molecule has 3 heterocycles. The van der Waals surface area contributed by atoms with Crippen LogP contribution in [0.5, 0.6) is 0 Å². The van der Waals surface area contributed by atoms with Crippen molar-refractivity contribution >= 4 is 38.6 Å². The summed E-state index contributed by atoms with van der Waals surface area (Å²) in [7, 11) is 0. The summed E-state index contributed by atoms with van der Waals surface area (Å²) in [6.07, 6.45) is 7.65. The number of nitrogens with one attached hydrogen (secondary N) is 2. The fourth-order valence-electron chi connectivity index (χ4n) is 3.98. The number of nitrogens with zero attached hydrogens (tertiary/aromatic N) is 2. The van der Waals surface area contributed by atoms with Gasteiger partial charge in [-0.2, -0.15) is 5.26 Å². The van der Waals surface area contributed by atoms with E-state index in [0.717, 1.165) is 54.3 Å². The van der Waals surface area contributed by atoms with Gasteiger partial charge in [-0.25, -0.2) is 4.98 Å². The largest absolute Gasteiger partial charge is 0.444 e. The summed E-state index contributed by atoms with van der Waals surface area (Å²) in [5.41, 5.74) is 0.668. The van der Waals surface area contributed by atoms with Crippen LogP contribution in [0.4, 0.5) is 5.82 Å². The van der Waals surface area contributed by atoms with E-state index in [1.165, 1.54) is 0 Å². The van der Waals surface area contributed by atoms with Crippen LogP contribution in [0, 0.1) is 17.2 Å². The number of anilines is 1. The zero-order valence-corrected chi connectivity index (χ0v) is 15.4. The lowest BCUT2D eigenvalue weighted by Gasteiger charge is -2.37. The quantitative estimate of drug-likeness (QED) is 0.815. The highest BCUT2D eigenvalue weighted by molar-refractivity contribution is 9.10. The summed E-state index contributed by atoms with van der Waals surface area (Å²) in [4.78, 5) is 15.9. The highest BCUT2D eigenvalue weighted by Gasteiger charge is 2.40. The van der Waals surface area contributed by atoms with Gasteiger partial charge in [0.25, 0.3) is 0 Å². The minimum atomic E-state index is 0.0653. The van der Waals surface area contributed by atoms with Crippen molar-refractivity contribution in [3.8, 4) is 6.07 Å². The third kappa shape index (κ3) is 3.11. The van der Waals surface area contributed by atoms with E-state index in [1.54, 1.807) is 12.3 Å². The van der Waals surface area contributed by atoms with E-state index in [0.29, 0.717) is 17.9 Å². The lowest BCUT2D eigenvalue weighted by atomic mass is 9.76. The maximum atomic E-state index is 11.5. The molecule has 2 aromatic rings. The average Bonchev–Trinajstić information content (AvgIpc) is 3.20. The van der Waals surface area contributed by atoms with E-state index in [4.69, 9.17) is 9.68 Å². The second kappa shape index (κ2) is 6.34. The minimum Gasteiger partial charge on any atom is -0.444 e. The van der Waals surface area contributed by atoms with Gasteiger partial charge in [-0.3, -0.25) is 4.79 Å². The zero-order chi connectivity index (χ0) is 17.4. The highest BCUT2D eigenvalue weighted by atomic mass is 79.9. The Labute approximate surface area is 154 Å². The summed E-state index contributed by atoms with van der Waals surface area (Å²) < 4.78 is 6.22. The van der Waals surface area contributed by atoms with Gasteiger partial charge in [0.1, 0.15) is 11.9 Å². The molecule has 0 unspecified atom stereocenters. The van der Waals surface area contributed by atoms with Crippen LogP contribution >= 0.6 is 15.9 Å². The molecule has 1 saturated heterocycles. The number of carbonyl (C=O) groups is 1. The Bertz CT molecular complexity index is 862. The molecule has 25 heavy (non-hydrogen) atoms. The maximum absolute atomic E-state index is 11.5. The smallest absolute Gasteiger partial charge is 0.220 e. The second-order valence-corrected chi connectivity index (χ2v) is 7.87. The second-order valence-electron chi connectivity index (χ2n) is 7.07. The van der Waals surface area contributed by atoms with Gasteiger partial charge in [0.2, 0.25) is 11.7 Å². The lowest BCUT2D eigenvalue weighted by molar-refractivity contribution is -0.120. The Morgan fingerprint density at radius 3 is 2.92 bits per heavy atom. The minimum absolute atomic E-state index is 0.0653. The van der Waals surface area contributed by atoms with Crippen LogP contribution in [0.3, 0.4) is 0 Å². The predicted molar refractivity (Wildman–Crippen MR) is 97.0 cm³/mol. The SMILES string of the molecule is N#Cc1cc2c(Br)c(NCC3CCC4(CCC(=O)N4)CC3)ncc2o1. The molecular weight excluding hydrogens is 384 g/mol. The topological polar surface area (TPSA) is 91.0 Å². The van der Waals surface area contributed by atoms with Crippen LogP contribution in [0.2, 0.25) is 0 Å². The van der Waals surface area contributed by atoms with Crippen LogP contribution < -0.4 is 10.6 Å². The molecule has 2 N–H and O–H groups in total. The summed E-state index contributed by atoms with van der Waals surface area (Å²) in [5, 5.41) is 16.4. The van der Waals surface area contributed by atoms with Crippen LogP contribution in [0.25, 0.3) is 11.0 Å². The summed E-state index contributed by atoms with van der Waals surface area (Å²) >= 11 is 3.56. The van der Waals surface area contributed by atoms with Crippen molar-refractivity contribution < 1.29 is 9.21 Å². The molecule has 0 bridgehead atoms. The van der Waals surface area contributed by atoms with Crippen molar-refractivity contribution in [2.75, 3.05) is 11.9 Å². The molecular formula is C18H19BrN4O2. The molecule has 0 aromatic carbocycles. The summed E-state index contributed by atoms with van der Waals surface area (Å²) in [6.45, 7) is 0.851. The van der Waals surface area contributed by atoms with Crippen molar-refractivity contribution in [2.24, 2.45) is 5.92 Å². The third-order valence-corrected chi connectivity index (χ3v) is 6.28. The molecule has 0 radical (unpaired) electrons. The molecule has 1 amide bonds. The Morgan fingerprint density at radius 2 is 2.24 bits per heavy atom. The van der Waals surface area contributed by atoms with Crippen molar-refractivity contribution in [3.05, 3.63) is 22.5 Å². The fraction of sp³-hybridized carbons (Fsp3) is 0.500. The number of furan rings is 1. The van der Waals surface area contributed by atoms with Crippen molar-refractivity contribution in [1.82, 2.24) is 10.3 Å². The van der Waals surface area contributed by atoms with Crippen molar-refractivity contribution in [1.29, 1.82) is 5.26 Å². The van der Waals surface area contributed by atoms with E-state index >= 15 is 0 Å². The monoisotopic (exact) mass is 402 g/mol. The number of rotatable bonds is 3. The van der Waals surface area contributed by atoms with E-state index in [-0.39, 0.29) is 17.2 Å². The van der Waals surface area contributed by atoms with Gasteiger partial charge in [-0.05, 0) is 54.0 Å². The molecule has 1 saturated carbocycles. The van der Waals surface area contributed by atoms with Crippen LogP contribution in [-0.2, 0) is 4.79 Å². The molecule has 6 nitrogen and oxygen atoms in total. The first-order valence-electron chi connectivity index (χ1n) is 8.62. The van der Waals surface area contributed by atoms with E-state index in [1.807, 2.05) is 6.07 Å². The maximum Gasteiger partial charge on any atom is 0.220 e. The van der Waals surface area contributed by atoms with E-state index in [9.17, 15) is 4.79 Å². The van der Waals surface area contributed by atoms with Gasteiger partial charge in [0, 0.05) is 30.0 Å². The first-order chi connectivity index (χ1) is 12.1. The zero-order valence-electron chi connectivity index (χ0n) is 13.8. The number of hydrogen-bond acceptors (Lipinski definition) is 5. The lowest BCUT2D eigenvalue weighted by Crippen LogP contribution is -2.45. The molecule has 0 atom stereocenters. The Hall–Kier alpha value is -2.07. The van der Waals surface area contributed by atoms with Crippen molar-refractivity contribution in [3.63, 3.8) is 0 Å². The average molecular weight is 403 g/mol. The molecule has 7 heteroatoms. The number of aromatic nitrogens is 1. The van der Waals surface area contributed by atoms with Gasteiger partial charge in [-0.1, -0.05) is 0 Å². The molecule has 1 aliphatic heterocycles. The fourth-order valence-corrected chi connectivity index (χ4v) is 4.53. The third-order valence-electron chi connectivity index (χ3n) is 5.48. The first kappa shape index (κ1) is 16.4. The van der Waals surface area contributed by atoms with Crippen LogP contribution in [-0.4, -0.2) is 23.0 Å². The number of nitriles is 1. The van der Waals surface area contributed by atoms with Gasteiger partial charge < -0.3 is 15.1 Å². The Morgan fingerprint density at radius 1 is 1.44 bits per heavy atom. The number of halogens is 1. The van der Waals surface area contributed by atoms with E-state index in [2.05, 4.69) is 31.5 Å². The van der Waals surface area contributed by atoms with Gasteiger partial charge in [-0.15, -0.1) is 0 Å². The molecule has 2 fully saturated rings. The Kier molecular flexibility index (Phi) is 4.16. The summed E-state index contributed by atoms with van der Waals surface area (Å²) in [6, 6.07) is 3.73. The van der Waals surface area contributed by atoms with Crippen molar-refractivity contribution in [2.45, 2.75) is 44.1 Å². The predicted octanol–water partition coefficient (Wildman–Crippen LogP) is 3.71. The standard InChI is InChI=1S/C18H19BrN4O2/c19-16-13-7-12(8-20)25-14(13)10-22-17(16)21-9-11-1-4-18(5-2-11)6-3-15(24)23-18/h7,10-11H,1-6,9H2,(H,21,22)(H,23,24). The highest BCUT2D eigenvalue weighted by Crippen LogP contribution is 2.38. The molecule has 4 rings (SSSR count). The number of hydrogen-bond donors (Lipinski definition) is 2. The van der Waals surface area contributed by atoms with E-state index < -0.39 is 0 Å². The van der Waals surface area contributed by atoms with Gasteiger partial charge >= 0.3 is 0 Å². The molecule has 130 valence electrons.